The molecule has 0 aromatic heterocycles. The molecule has 0 spiro atoms. The van der Waals surface area contributed by atoms with E-state index in [1.54, 1.807) is 0 Å². The predicted octanol–water partition coefficient (Wildman–Crippen LogP) is 2.58. The molecule has 0 bridgehead atoms. The van der Waals surface area contributed by atoms with Crippen LogP contribution >= 0.6 is 0 Å². The molecule has 1 aromatic carbocycles. The van der Waals surface area contributed by atoms with Crippen molar-refractivity contribution in [3.05, 3.63) is 35.4 Å². The molecule has 96 valence electrons. The van der Waals surface area contributed by atoms with E-state index in [1.165, 1.54) is 0 Å². The van der Waals surface area contributed by atoms with Crippen LogP contribution in [0.2, 0.25) is 0 Å². The standard InChI is InChI=1S/C10H9F5O2/c11-7-3-1-2-6(9(7)12)8(16)4-17-5-10(13,14)15/h1-3,8,16H,4-5H2. The summed E-state index contributed by atoms with van der Waals surface area (Å²) in [6, 6.07) is 3.04. The molecular weight excluding hydrogens is 247 g/mol. The predicted molar refractivity (Wildman–Crippen MR) is 48.2 cm³/mol. The van der Waals surface area contributed by atoms with Gasteiger partial charge < -0.3 is 9.84 Å². The van der Waals surface area contributed by atoms with Crippen molar-refractivity contribution in [2.75, 3.05) is 13.2 Å². The van der Waals surface area contributed by atoms with Gasteiger partial charge in [-0.25, -0.2) is 8.78 Å². The summed E-state index contributed by atoms with van der Waals surface area (Å²) in [6.07, 6.45) is -6.17. The van der Waals surface area contributed by atoms with Crippen molar-refractivity contribution in [3.8, 4) is 0 Å². The molecule has 0 saturated heterocycles. The van der Waals surface area contributed by atoms with Crippen LogP contribution in [0.3, 0.4) is 0 Å². The summed E-state index contributed by atoms with van der Waals surface area (Å²) < 4.78 is 65.1. The summed E-state index contributed by atoms with van der Waals surface area (Å²) in [6.45, 7) is -2.32. The fourth-order valence-corrected chi connectivity index (χ4v) is 1.15. The Bertz CT molecular complexity index is 377. The molecule has 1 atom stereocenters. The fraction of sp³-hybridized carbons (Fsp3) is 0.400. The van der Waals surface area contributed by atoms with Gasteiger partial charge in [-0.2, -0.15) is 13.2 Å². The first-order chi connectivity index (χ1) is 7.81. The van der Waals surface area contributed by atoms with E-state index in [0.717, 1.165) is 18.2 Å². The monoisotopic (exact) mass is 256 g/mol. The van der Waals surface area contributed by atoms with E-state index in [0.29, 0.717) is 0 Å². The maximum atomic E-state index is 13.1. The van der Waals surface area contributed by atoms with Crippen LogP contribution in [0.5, 0.6) is 0 Å². The largest absolute Gasteiger partial charge is 0.411 e. The second kappa shape index (κ2) is 5.42. The van der Waals surface area contributed by atoms with Crippen LogP contribution in [0, 0.1) is 11.6 Å². The molecule has 1 rings (SSSR count). The molecule has 0 fully saturated rings. The van der Waals surface area contributed by atoms with Crippen LogP contribution in [0.15, 0.2) is 18.2 Å². The molecule has 1 unspecified atom stereocenters. The number of halogens is 5. The number of aliphatic hydroxyl groups is 1. The quantitative estimate of drug-likeness (QED) is 0.839. The van der Waals surface area contributed by atoms with Crippen molar-refractivity contribution in [2.45, 2.75) is 12.3 Å². The second-order valence-corrected chi connectivity index (χ2v) is 3.29. The molecule has 0 radical (unpaired) electrons. The Hall–Kier alpha value is -1.21. The highest BCUT2D eigenvalue weighted by molar-refractivity contribution is 5.21. The van der Waals surface area contributed by atoms with E-state index < -0.39 is 42.7 Å². The van der Waals surface area contributed by atoms with Gasteiger partial charge in [0.05, 0.1) is 6.61 Å². The third kappa shape index (κ3) is 4.27. The van der Waals surface area contributed by atoms with Crippen LogP contribution in [-0.2, 0) is 4.74 Å². The Kier molecular flexibility index (Phi) is 4.41. The number of benzene rings is 1. The van der Waals surface area contributed by atoms with Gasteiger partial charge in [0.2, 0.25) is 0 Å². The van der Waals surface area contributed by atoms with Crippen LogP contribution in [0.1, 0.15) is 11.7 Å². The maximum Gasteiger partial charge on any atom is 0.411 e. The molecule has 2 nitrogen and oxygen atoms in total. The van der Waals surface area contributed by atoms with Gasteiger partial charge in [-0.3, -0.25) is 0 Å². The molecule has 0 saturated carbocycles. The summed E-state index contributed by atoms with van der Waals surface area (Å²) in [5, 5.41) is 9.32. The lowest BCUT2D eigenvalue weighted by molar-refractivity contribution is -0.179. The van der Waals surface area contributed by atoms with Crippen molar-refractivity contribution in [3.63, 3.8) is 0 Å². The van der Waals surface area contributed by atoms with Crippen LogP contribution in [0.4, 0.5) is 22.0 Å². The van der Waals surface area contributed by atoms with Gasteiger partial charge in [0, 0.05) is 5.56 Å². The third-order valence-electron chi connectivity index (χ3n) is 1.88. The molecule has 0 aliphatic heterocycles. The van der Waals surface area contributed by atoms with Gasteiger partial charge >= 0.3 is 6.18 Å². The zero-order chi connectivity index (χ0) is 13.1. The van der Waals surface area contributed by atoms with Gasteiger partial charge in [-0.15, -0.1) is 0 Å². The fourth-order valence-electron chi connectivity index (χ4n) is 1.15. The third-order valence-corrected chi connectivity index (χ3v) is 1.88. The summed E-state index contributed by atoms with van der Waals surface area (Å²) in [7, 11) is 0. The number of rotatable bonds is 4. The second-order valence-electron chi connectivity index (χ2n) is 3.29. The van der Waals surface area contributed by atoms with E-state index in [2.05, 4.69) is 4.74 Å². The Morgan fingerprint density at radius 1 is 1.24 bits per heavy atom. The minimum Gasteiger partial charge on any atom is -0.386 e. The van der Waals surface area contributed by atoms with Crippen molar-refractivity contribution in [2.24, 2.45) is 0 Å². The average Bonchev–Trinajstić information content (AvgIpc) is 2.20. The Labute approximate surface area is 93.6 Å². The first-order valence-electron chi connectivity index (χ1n) is 4.57. The lowest BCUT2D eigenvalue weighted by Gasteiger charge is -2.13. The highest BCUT2D eigenvalue weighted by Gasteiger charge is 2.28. The first-order valence-corrected chi connectivity index (χ1v) is 4.57. The van der Waals surface area contributed by atoms with Gasteiger partial charge in [-0.1, -0.05) is 12.1 Å². The summed E-state index contributed by atoms with van der Waals surface area (Å²) in [5.74, 6) is -2.48. The van der Waals surface area contributed by atoms with E-state index >= 15 is 0 Å². The number of hydrogen-bond donors (Lipinski definition) is 1. The van der Waals surface area contributed by atoms with Crippen LogP contribution < -0.4 is 0 Å². The summed E-state index contributed by atoms with van der Waals surface area (Å²) >= 11 is 0. The van der Waals surface area contributed by atoms with Crippen molar-refractivity contribution >= 4 is 0 Å². The number of hydrogen-bond acceptors (Lipinski definition) is 2. The van der Waals surface area contributed by atoms with E-state index in [-0.39, 0.29) is 0 Å². The molecular formula is C10H9F5O2. The molecule has 1 aromatic rings. The molecule has 0 aliphatic rings. The minimum atomic E-state index is -4.53. The molecule has 0 heterocycles. The lowest BCUT2D eigenvalue weighted by Crippen LogP contribution is -2.20. The smallest absolute Gasteiger partial charge is 0.386 e. The normalized spacial score (nSPS) is 13.8. The van der Waals surface area contributed by atoms with Crippen LogP contribution in [0.25, 0.3) is 0 Å². The van der Waals surface area contributed by atoms with Gasteiger partial charge in [0.1, 0.15) is 12.7 Å². The van der Waals surface area contributed by atoms with Crippen molar-refractivity contribution in [1.29, 1.82) is 0 Å². The minimum absolute atomic E-state index is 0.438. The van der Waals surface area contributed by atoms with E-state index in [1.807, 2.05) is 0 Å². The number of aliphatic hydroxyl groups excluding tert-OH is 1. The Morgan fingerprint density at radius 2 is 1.88 bits per heavy atom. The highest BCUT2D eigenvalue weighted by Crippen LogP contribution is 2.21. The molecule has 0 amide bonds. The molecule has 0 aliphatic carbocycles. The van der Waals surface area contributed by atoms with Gasteiger partial charge in [0.25, 0.3) is 0 Å². The van der Waals surface area contributed by atoms with Crippen LogP contribution in [-0.4, -0.2) is 24.5 Å². The van der Waals surface area contributed by atoms with Gasteiger partial charge in [-0.05, 0) is 6.07 Å². The summed E-state index contributed by atoms with van der Waals surface area (Å²) in [5.41, 5.74) is -0.438. The maximum absolute atomic E-state index is 13.1. The van der Waals surface area contributed by atoms with Crippen molar-refractivity contribution < 1.29 is 31.8 Å². The average molecular weight is 256 g/mol. The lowest BCUT2D eigenvalue weighted by atomic mass is 10.1. The summed E-state index contributed by atoms with van der Waals surface area (Å²) in [4.78, 5) is 0. The van der Waals surface area contributed by atoms with E-state index in [4.69, 9.17) is 0 Å². The zero-order valence-electron chi connectivity index (χ0n) is 8.47. The topological polar surface area (TPSA) is 29.5 Å². The Balaban J connectivity index is 2.58. The molecule has 1 N–H and O–H groups in total. The Morgan fingerprint density at radius 3 is 2.47 bits per heavy atom. The zero-order valence-corrected chi connectivity index (χ0v) is 8.47. The van der Waals surface area contributed by atoms with Crippen molar-refractivity contribution in [1.82, 2.24) is 0 Å². The van der Waals surface area contributed by atoms with E-state index in [9.17, 15) is 27.1 Å². The number of ether oxygens (including phenoxy) is 1. The first kappa shape index (κ1) is 13.9. The molecule has 17 heavy (non-hydrogen) atoms. The van der Waals surface area contributed by atoms with Gasteiger partial charge in [0.15, 0.2) is 11.6 Å². The molecule has 7 heteroatoms. The highest BCUT2D eigenvalue weighted by atomic mass is 19.4. The number of alkyl halides is 3. The SMILES string of the molecule is OC(COCC(F)(F)F)c1cccc(F)c1F.